The molecule has 96 valence electrons. The normalized spacial score (nSPS) is 15.4. The van der Waals surface area contributed by atoms with Gasteiger partial charge in [0, 0.05) is 13.1 Å². The van der Waals surface area contributed by atoms with Gasteiger partial charge in [-0.15, -0.1) is 0 Å². The molecule has 2 N–H and O–H groups in total. The van der Waals surface area contributed by atoms with Crippen LogP contribution in [0.5, 0.6) is 0 Å². The average Bonchev–Trinajstić information content (AvgIpc) is 2.16. The first kappa shape index (κ1) is 15.4. The lowest BCUT2D eigenvalue weighted by Crippen LogP contribution is -2.57. The summed E-state index contributed by atoms with van der Waals surface area (Å²) >= 11 is 0. The molecule has 1 atom stereocenters. The first-order valence-electron chi connectivity index (χ1n) is 6.06. The summed E-state index contributed by atoms with van der Waals surface area (Å²) in [5.74, 6) is -0.226. The van der Waals surface area contributed by atoms with Gasteiger partial charge in [-0.1, -0.05) is 27.7 Å². The van der Waals surface area contributed by atoms with Gasteiger partial charge in [0.1, 0.15) is 5.54 Å². The van der Waals surface area contributed by atoms with E-state index >= 15 is 0 Å². The van der Waals surface area contributed by atoms with Crippen LogP contribution in [-0.2, 0) is 4.79 Å². The Labute approximate surface area is 99.0 Å². The number of aliphatic carboxylic acids is 1. The fourth-order valence-corrected chi connectivity index (χ4v) is 1.86. The molecule has 1 unspecified atom stereocenters. The predicted octanol–water partition coefficient (Wildman–Crippen LogP) is 1.42. The molecule has 0 saturated heterocycles. The summed E-state index contributed by atoms with van der Waals surface area (Å²) in [7, 11) is 0. The minimum Gasteiger partial charge on any atom is -0.480 e. The van der Waals surface area contributed by atoms with E-state index in [1.807, 2.05) is 6.92 Å². The number of carbonyl (C=O) groups is 1. The second-order valence-electron chi connectivity index (χ2n) is 4.89. The Morgan fingerprint density at radius 3 is 2.31 bits per heavy atom. The van der Waals surface area contributed by atoms with E-state index in [-0.39, 0.29) is 0 Å². The highest BCUT2D eigenvalue weighted by Gasteiger charge is 2.33. The molecule has 0 saturated carbocycles. The third-order valence-corrected chi connectivity index (χ3v) is 2.65. The number of carboxylic acid groups (broad SMARTS) is 1. The standard InChI is InChI=1S/C12H26N2O2/c1-6-13-12(5,11(15)16)9-14(7-2)8-10(3)4/h10,13H,6-9H2,1-5H3,(H,15,16). The molecular weight excluding hydrogens is 204 g/mol. The third-order valence-electron chi connectivity index (χ3n) is 2.65. The zero-order valence-electron chi connectivity index (χ0n) is 11.2. The zero-order valence-corrected chi connectivity index (χ0v) is 11.2. The van der Waals surface area contributed by atoms with Gasteiger partial charge in [-0.05, 0) is 25.9 Å². The summed E-state index contributed by atoms with van der Waals surface area (Å²) in [6.45, 7) is 13.1. The van der Waals surface area contributed by atoms with Gasteiger partial charge in [0.2, 0.25) is 0 Å². The molecule has 4 nitrogen and oxygen atoms in total. The number of likely N-dealkylation sites (N-methyl/N-ethyl adjacent to an activating group) is 2. The number of nitrogens with zero attached hydrogens (tertiary/aromatic N) is 1. The summed E-state index contributed by atoms with van der Waals surface area (Å²) in [5, 5.41) is 12.3. The van der Waals surface area contributed by atoms with Crippen molar-refractivity contribution in [1.29, 1.82) is 0 Å². The molecule has 0 aromatic heterocycles. The first-order chi connectivity index (χ1) is 7.35. The molecule has 0 aliphatic carbocycles. The molecule has 0 amide bonds. The van der Waals surface area contributed by atoms with Gasteiger partial charge in [0.05, 0.1) is 0 Å². The number of hydrogen-bond donors (Lipinski definition) is 2. The molecule has 16 heavy (non-hydrogen) atoms. The van der Waals surface area contributed by atoms with Crippen LogP contribution in [0.1, 0.15) is 34.6 Å². The fraction of sp³-hybridized carbons (Fsp3) is 0.917. The maximum atomic E-state index is 11.3. The van der Waals surface area contributed by atoms with E-state index in [4.69, 9.17) is 0 Å². The Morgan fingerprint density at radius 1 is 1.44 bits per heavy atom. The van der Waals surface area contributed by atoms with Crippen molar-refractivity contribution in [2.45, 2.75) is 40.2 Å². The minimum atomic E-state index is -0.848. The topological polar surface area (TPSA) is 52.6 Å². The second-order valence-corrected chi connectivity index (χ2v) is 4.89. The van der Waals surface area contributed by atoms with E-state index in [0.717, 1.165) is 13.1 Å². The van der Waals surface area contributed by atoms with Crippen LogP contribution in [0.3, 0.4) is 0 Å². The Bertz CT molecular complexity index is 219. The van der Waals surface area contributed by atoms with Gasteiger partial charge < -0.3 is 15.3 Å². The predicted molar refractivity (Wildman–Crippen MR) is 66.7 cm³/mol. The van der Waals surface area contributed by atoms with Crippen LogP contribution >= 0.6 is 0 Å². The van der Waals surface area contributed by atoms with Crippen LogP contribution in [0, 0.1) is 5.92 Å². The highest BCUT2D eigenvalue weighted by atomic mass is 16.4. The van der Waals surface area contributed by atoms with Crippen LogP contribution in [0.2, 0.25) is 0 Å². The van der Waals surface area contributed by atoms with E-state index in [1.165, 1.54) is 0 Å². The van der Waals surface area contributed by atoms with E-state index in [1.54, 1.807) is 6.92 Å². The SMILES string of the molecule is CCNC(C)(CN(CC)CC(C)C)C(=O)O. The highest BCUT2D eigenvalue weighted by molar-refractivity contribution is 5.78. The number of nitrogens with one attached hydrogen (secondary N) is 1. The molecule has 0 fully saturated rings. The van der Waals surface area contributed by atoms with Crippen molar-refractivity contribution in [2.75, 3.05) is 26.2 Å². The number of hydrogen-bond acceptors (Lipinski definition) is 3. The van der Waals surface area contributed by atoms with E-state index in [0.29, 0.717) is 19.0 Å². The fourth-order valence-electron chi connectivity index (χ4n) is 1.86. The molecule has 0 aliphatic rings. The maximum absolute atomic E-state index is 11.3. The van der Waals surface area contributed by atoms with Gasteiger partial charge in [-0.25, -0.2) is 0 Å². The summed E-state index contributed by atoms with van der Waals surface area (Å²) in [5.41, 5.74) is -0.848. The molecule has 0 aromatic carbocycles. The summed E-state index contributed by atoms with van der Waals surface area (Å²) in [6, 6.07) is 0. The molecular formula is C12H26N2O2. The third kappa shape index (κ3) is 4.94. The largest absolute Gasteiger partial charge is 0.480 e. The number of rotatable bonds is 8. The van der Waals surface area contributed by atoms with Crippen molar-refractivity contribution < 1.29 is 9.90 Å². The Morgan fingerprint density at radius 2 is 2.00 bits per heavy atom. The van der Waals surface area contributed by atoms with Gasteiger partial charge in [-0.2, -0.15) is 0 Å². The highest BCUT2D eigenvalue weighted by Crippen LogP contribution is 2.09. The molecule has 0 aromatic rings. The van der Waals surface area contributed by atoms with Gasteiger partial charge in [0.25, 0.3) is 0 Å². The lowest BCUT2D eigenvalue weighted by atomic mass is 10.0. The Kier molecular flexibility index (Phi) is 6.60. The molecule has 0 radical (unpaired) electrons. The van der Waals surface area contributed by atoms with Crippen LogP contribution in [0.15, 0.2) is 0 Å². The maximum Gasteiger partial charge on any atom is 0.324 e. The van der Waals surface area contributed by atoms with Crippen LogP contribution < -0.4 is 5.32 Å². The second kappa shape index (κ2) is 6.86. The van der Waals surface area contributed by atoms with Crippen molar-refractivity contribution in [1.82, 2.24) is 10.2 Å². The lowest BCUT2D eigenvalue weighted by Gasteiger charge is -2.33. The van der Waals surface area contributed by atoms with Crippen molar-refractivity contribution in [3.8, 4) is 0 Å². The molecule has 0 bridgehead atoms. The van der Waals surface area contributed by atoms with Crippen molar-refractivity contribution in [3.63, 3.8) is 0 Å². The van der Waals surface area contributed by atoms with Gasteiger partial charge >= 0.3 is 5.97 Å². The van der Waals surface area contributed by atoms with E-state index < -0.39 is 11.5 Å². The monoisotopic (exact) mass is 230 g/mol. The van der Waals surface area contributed by atoms with E-state index in [2.05, 4.69) is 31.0 Å². The molecule has 0 rings (SSSR count). The Hall–Kier alpha value is -0.610. The minimum absolute atomic E-state index is 0.546. The molecule has 0 aliphatic heterocycles. The molecule has 0 spiro atoms. The van der Waals surface area contributed by atoms with Crippen LogP contribution in [0.4, 0.5) is 0 Å². The zero-order chi connectivity index (χ0) is 12.8. The Balaban J connectivity index is 4.52. The summed E-state index contributed by atoms with van der Waals surface area (Å²) in [6.07, 6.45) is 0. The molecule has 4 heteroatoms. The number of carboxylic acids is 1. The first-order valence-corrected chi connectivity index (χ1v) is 6.06. The van der Waals surface area contributed by atoms with Gasteiger partial charge in [-0.3, -0.25) is 4.79 Å². The quantitative estimate of drug-likeness (QED) is 0.662. The summed E-state index contributed by atoms with van der Waals surface area (Å²) in [4.78, 5) is 13.4. The van der Waals surface area contributed by atoms with Crippen molar-refractivity contribution in [3.05, 3.63) is 0 Å². The molecule has 0 heterocycles. The van der Waals surface area contributed by atoms with Crippen LogP contribution in [0.25, 0.3) is 0 Å². The van der Waals surface area contributed by atoms with Crippen LogP contribution in [-0.4, -0.2) is 47.7 Å². The van der Waals surface area contributed by atoms with Crippen molar-refractivity contribution in [2.24, 2.45) is 5.92 Å². The smallest absolute Gasteiger partial charge is 0.324 e. The van der Waals surface area contributed by atoms with E-state index in [9.17, 15) is 9.90 Å². The lowest BCUT2D eigenvalue weighted by molar-refractivity contribution is -0.145. The average molecular weight is 230 g/mol. The van der Waals surface area contributed by atoms with Gasteiger partial charge in [0.15, 0.2) is 0 Å². The summed E-state index contributed by atoms with van der Waals surface area (Å²) < 4.78 is 0. The van der Waals surface area contributed by atoms with Crippen molar-refractivity contribution >= 4 is 5.97 Å².